The van der Waals surface area contributed by atoms with Gasteiger partial charge in [0.2, 0.25) is 0 Å². The van der Waals surface area contributed by atoms with Crippen LogP contribution in [0, 0.1) is 0 Å². The number of aromatic nitrogens is 1. The fourth-order valence-electron chi connectivity index (χ4n) is 1.60. The zero-order valence-electron chi connectivity index (χ0n) is 10.2. The molecule has 0 atom stereocenters. The molecule has 0 saturated heterocycles. The molecule has 19 heavy (non-hydrogen) atoms. The lowest BCUT2D eigenvalue weighted by Crippen LogP contribution is -2.12. The predicted molar refractivity (Wildman–Crippen MR) is 76.8 cm³/mol. The Balaban J connectivity index is 2.05. The van der Waals surface area contributed by atoms with Crippen LogP contribution in [0.25, 0.3) is 0 Å². The Labute approximate surface area is 116 Å². The van der Waals surface area contributed by atoms with Crippen molar-refractivity contribution in [3.63, 3.8) is 0 Å². The molecule has 2 aromatic rings. The fourth-order valence-corrected chi connectivity index (χ4v) is 1.71. The lowest BCUT2D eigenvalue weighted by atomic mass is 10.2. The Morgan fingerprint density at radius 3 is 2.84 bits per heavy atom. The zero-order valence-corrected chi connectivity index (χ0v) is 11.1. The molecule has 0 amide bonds. The molecule has 0 aliphatic rings. The molecule has 1 aromatic heterocycles. The van der Waals surface area contributed by atoms with Gasteiger partial charge in [0.1, 0.15) is 17.3 Å². The summed E-state index contributed by atoms with van der Waals surface area (Å²) in [6, 6.07) is 11.0. The number of nitrogens with zero attached hydrogens (tertiary/aromatic N) is 1. The average Bonchev–Trinajstić information content (AvgIpc) is 2.45. The van der Waals surface area contributed by atoms with Gasteiger partial charge in [-0.2, -0.15) is 0 Å². The molecule has 4 nitrogen and oxygen atoms in total. The number of benzene rings is 1. The number of ether oxygens (including phenoxy) is 1. The first kappa shape index (κ1) is 13.5. The summed E-state index contributed by atoms with van der Waals surface area (Å²) in [6.45, 7) is 0.394. The van der Waals surface area contributed by atoms with Crippen LogP contribution in [0.5, 0.6) is 5.75 Å². The topological polar surface area (TPSA) is 68.4 Å². The summed E-state index contributed by atoms with van der Waals surface area (Å²) in [4.78, 5) is 4.33. The van der Waals surface area contributed by atoms with Crippen LogP contribution in [0.4, 0.5) is 0 Å². The molecule has 0 aliphatic carbocycles. The summed E-state index contributed by atoms with van der Waals surface area (Å²) in [5, 5.41) is 9.05. The third-order valence-electron chi connectivity index (χ3n) is 2.56. The Kier molecular flexibility index (Phi) is 4.43. The van der Waals surface area contributed by atoms with Crippen molar-refractivity contribution in [2.45, 2.75) is 13.2 Å². The van der Waals surface area contributed by atoms with Crippen molar-refractivity contribution >= 4 is 17.2 Å². The third kappa shape index (κ3) is 3.74. The second-order valence-corrected chi connectivity index (χ2v) is 4.45. The summed E-state index contributed by atoms with van der Waals surface area (Å²) in [5.41, 5.74) is 7.86. The Hall–Kier alpha value is -1.98. The van der Waals surface area contributed by atoms with Crippen LogP contribution in [0.15, 0.2) is 42.6 Å². The number of aliphatic hydroxyl groups is 1. The minimum Gasteiger partial charge on any atom is -0.489 e. The van der Waals surface area contributed by atoms with Crippen molar-refractivity contribution in [1.29, 1.82) is 0 Å². The van der Waals surface area contributed by atoms with Crippen molar-refractivity contribution in [3.8, 4) is 5.75 Å². The maximum absolute atomic E-state index is 9.05. The first-order valence-corrected chi connectivity index (χ1v) is 6.17. The standard InChI is InChI=1S/C14H14N2O2S/c15-14(19)13-7-11(4-5-16-13)9-18-12-3-1-2-10(6-12)8-17/h1-7,17H,8-9H2,(H2,15,19). The van der Waals surface area contributed by atoms with Gasteiger partial charge < -0.3 is 15.6 Å². The normalized spacial score (nSPS) is 10.2. The van der Waals surface area contributed by atoms with Crippen LogP contribution >= 0.6 is 12.2 Å². The van der Waals surface area contributed by atoms with Crippen LogP contribution in [0.3, 0.4) is 0 Å². The van der Waals surface area contributed by atoms with Crippen LogP contribution in [-0.4, -0.2) is 15.1 Å². The molecular weight excluding hydrogens is 260 g/mol. The average molecular weight is 274 g/mol. The second-order valence-electron chi connectivity index (χ2n) is 4.01. The highest BCUT2D eigenvalue weighted by Crippen LogP contribution is 2.15. The van der Waals surface area contributed by atoms with Gasteiger partial charge in [-0.1, -0.05) is 24.4 Å². The minimum atomic E-state index is -0.00194. The SMILES string of the molecule is NC(=S)c1cc(COc2cccc(CO)c2)ccn1. The van der Waals surface area contributed by atoms with Crippen LogP contribution in [0.1, 0.15) is 16.8 Å². The van der Waals surface area contributed by atoms with Crippen LogP contribution < -0.4 is 10.5 Å². The number of rotatable bonds is 5. The largest absolute Gasteiger partial charge is 0.489 e. The van der Waals surface area contributed by atoms with Crippen molar-refractivity contribution in [2.24, 2.45) is 5.73 Å². The first-order valence-electron chi connectivity index (χ1n) is 5.76. The molecule has 0 bridgehead atoms. The highest BCUT2D eigenvalue weighted by Gasteiger charge is 2.01. The number of hydrogen-bond acceptors (Lipinski definition) is 4. The molecule has 0 aliphatic heterocycles. The van der Waals surface area contributed by atoms with E-state index in [0.717, 1.165) is 11.1 Å². The van der Waals surface area contributed by atoms with Gasteiger partial charge in [-0.15, -0.1) is 0 Å². The fraction of sp³-hybridized carbons (Fsp3) is 0.143. The Morgan fingerprint density at radius 2 is 2.11 bits per heavy atom. The molecule has 1 aromatic carbocycles. The molecule has 2 rings (SSSR count). The van der Waals surface area contributed by atoms with Crippen molar-refractivity contribution in [1.82, 2.24) is 4.98 Å². The van der Waals surface area contributed by atoms with E-state index in [2.05, 4.69) is 4.98 Å². The van der Waals surface area contributed by atoms with Crippen molar-refractivity contribution in [3.05, 3.63) is 59.4 Å². The van der Waals surface area contributed by atoms with Gasteiger partial charge in [-0.25, -0.2) is 0 Å². The lowest BCUT2D eigenvalue weighted by Gasteiger charge is -2.08. The molecule has 0 spiro atoms. The van der Waals surface area contributed by atoms with Gasteiger partial charge in [-0.05, 0) is 35.4 Å². The molecule has 1 heterocycles. The molecule has 98 valence electrons. The lowest BCUT2D eigenvalue weighted by molar-refractivity contribution is 0.278. The number of hydrogen-bond donors (Lipinski definition) is 2. The smallest absolute Gasteiger partial charge is 0.122 e. The van der Waals surface area contributed by atoms with Crippen molar-refractivity contribution in [2.75, 3.05) is 0 Å². The van der Waals surface area contributed by atoms with Gasteiger partial charge in [-0.3, -0.25) is 4.98 Å². The summed E-state index contributed by atoms with van der Waals surface area (Å²) in [6.07, 6.45) is 1.65. The molecular formula is C14H14N2O2S. The summed E-state index contributed by atoms with van der Waals surface area (Å²) >= 11 is 4.88. The molecule has 3 N–H and O–H groups in total. The third-order valence-corrected chi connectivity index (χ3v) is 2.77. The first-order chi connectivity index (χ1) is 9.19. The van der Waals surface area contributed by atoms with Gasteiger partial charge in [0.25, 0.3) is 0 Å². The van der Waals surface area contributed by atoms with Crippen LogP contribution in [0.2, 0.25) is 0 Å². The van der Waals surface area contributed by atoms with E-state index in [1.807, 2.05) is 24.3 Å². The van der Waals surface area contributed by atoms with E-state index >= 15 is 0 Å². The monoisotopic (exact) mass is 274 g/mol. The van der Waals surface area contributed by atoms with E-state index in [1.54, 1.807) is 18.3 Å². The molecule has 0 saturated carbocycles. The van der Waals surface area contributed by atoms with E-state index in [-0.39, 0.29) is 11.6 Å². The zero-order chi connectivity index (χ0) is 13.7. The summed E-state index contributed by atoms with van der Waals surface area (Å²) < 4.78 is 5.65. The number of nitrogens with two attached hydrogens (primary N) is 1. The summed E-state index contributed by atoms with van der Waals surface area (Å²) in [5.74, 6) is 0.709. The predicted octanol–water partition coefficient (Wildman–Crippen LogP) is 1.79. The Morgan fingerprint density at radius 1 is 1.26 bits per heavy atom. The number of aliphatic hydroxyl groups excluding tert-OH is 1. The highest BCUT2D eigenvalue weighted by molar-refractivity contribution is 7.80. The minimum absolute atomic E-state index is 0.00194. The summed E-state index contributed by atoms with van der Waals surface area (Å²) in [7, 11) is 0. The van der Waals surface area contributed by atoms with Crippen molar-refractivity contribution < 1.29 is 9.84 Å². The maximum Gasteiger partial charge on any atom is 0.122 e. The molecule has 0 unspecified atom stereocenters. The van der Waals surface area contributed by atoms with E-state index in [4.69, 9.17) is 27.8 Å². The van der Waals surface area contributed by atoms with Gasteiger partial charge >= 0.3 is 0 Å². The quantitative estimate of drug-likeness (QED) is 0.814. The van der Waals surface area contributed by atoms with E-state index in [1.165, 1.54) is 0 Å². The Bertz CT molecular complexity index is 587. The molecule has 0 radical (unpaired) electrons. The van der Waals surface area contributed by atoms with Gasteiger partial charge in [0.05, 0.1) is 12.3 Å². The van der Waals surface area contributed by atoms with E-state index in [0.29, 0.717) is 18.1 Å². The molecule has 5 heteroatoms. The molecule has 0 fully saturated rings. The van der Waals surface area contributed by atoms with Gasteiger partial charge in [0.15, 0.2) is 0 Å². The van der Waals surface area contributed by atoms with Crippen LogP contribution in [-0.2, 0) is 13.2 Å². The van der Waals surface area contributed by atoms with Gasteiger partial charge in [0, 0.05) is 6.20 Å². The highest BCUT2D eigenvalue weighted by atomic mass is 32.1. The number of thiocarbonyl (C=S) groups is 1. The van der Waals surface area contributed by atoms with E-state index < -0.39 is 0 Å². The number of pyridine rings is 1. The van der Waals surface area contributed by atoms with E-state index in [9.17, 15) is 0 Å². The second kappa shape index (κ2) is 6.26. The maximum atomic E-state index is 9.05.